The molecule has 0 aromatic rings. The van der Waals surface area contributed by atoms with Crippen molar-refractivity contribution in [1.29, 1.82) is 0 Å². The fraction of sp³-hybridized carbons (Fsp3) is 0.867. The van der Waals surface area contributed by atoms with Crippen molar-refractivity contribution >= 4 is 11.9 Å². The fourth-order valence-corrected chi connectivity index (χ4v) is 3.63. The number of amides is 1. The summed E-state index contributed by atoms with van der Waals surface area (Å²) in [6.45, 7) is 7.19. The van der Waals surface area contributed by atoms with Crippen molar-refractivity contribution < 1.29 is 14.7 Å². The Morgan fingerprint density at radius 3 is 2.40 bits per heavy atom. The second-order valence-corrected chi connectivity index (χ2v) is 7.05. The molecule has 2 N–H and O–H groups in total. The van der Waals surface area contributed by atoms with Gasteiger partial charge in [0.05, 0.1) is 5.54 Å². The van der Waals surface area contributed by atoms with E-state index in [1.54, 1.807) is 4.90 Å². The maximum atomic E-state index is 12.9. The number of hydrogen-bond donors (Lipinski definition) is 2. The summed E-state index contributed by atoms with van der Waals surface area (Å²) in [4.78, 5) is 26.1. The number of carboxylic acid groups (broad SMARTS) is 1. The Morgan fingerprint density at radius 2 is 1.85 bits per heavy atom. The lowest BCUT2D eigenvalue weighted by molar-refractivity contribution is -0.162. The number of carbonyl (C=O) groups excluding carboxylic acids is 1. The van der Waals surface area contributed by atoms with Gasteiger partial charge in [0.1, 0.15) is 6.04 Å². The molecular formula is C15H26N2O3. The molecule has 0 spiro atoms. The minimum Gasteiger partial charge on any atom is -0.480 e. The molecule has 5 heteroatoms. The molecule has 2 fully saturated rings. The molecule has 2 saturated heterocycles. The molecule has 2 rings (SSSR count). The molecule has 0 radical (unpaired) electrons. The molecule has 2 unspecified atom stereocenters. The molecular weight excluding hydrogens is 256 g/mol. The molecule has 0 bridgehead atoms. The Kier molecular flexibility index (Phi) is 4.09. The molecule has 20 heavy (non-hydrogen) atoms. The van der Waals surface area contributed by atoms with E-state index in [4.69, 9.17) is 0 Å². The predicted octanol–water partition coefficient (Wildman–Crippen LogP) is 1.62. The lowest BCUT2D eigenvalue weighted by atomic mass is 9.75. The zero-order valence-electron chi connectivity index (χ0n) is 12.7. The van der Waals surface area contributed by atoms with Gasteiger partial charge in [-0.3, -0.25) is 4.79 Å². The third-order valence-electron chi connectivity index (χ3n) is 4.86. The van der Waals surface area contributed by atoms with Crippen molar-refractivity contribution in [2.75, 3.05) is 13.1 Å². The average molecular weight is 282 g/mol. The quantitative estimate of drug-likeness (QED) is 0.807. The Bertz CT molecular complexity index is 400. The maximum Gasteiger partial charge on any atom is 0.326 e. The predicted molar refractivity (Wildman–Crippen MR) is 76.4 cm³/mol. The van der Waals surface area contributed by atoms with Crippen LogP contribution in [0.2, 0.25) is 0 Å². The molecule has 2 atom stereocenters. The van der Waals surface area contributed by atoms with Crippen LogP contribution in [0, 0.1) is 5.41 Å². The molecule has 5 nitrogen and oxygen atoms in total. The zero-order chi connectivity index (χ0) is 15.0. The Balaban J connectivity index is 2.24. The Morgan fingerprint density at radius 1 is 1.15 bits per heavy atom. The van der Waals surface area contributed by atoms with E-state index in [1.807, 2.05) is 20.8 Å². The summed E-state index contributed by atoms with van der Waals surface area (Å²) < 4.78 is 0. The molecule has 2 aliphatic heterocycles. The summed E-state index contributed by atoms with van der Waals surface area (Å²) in [5, 5.41) is 12.9. The second kappa shape index (κ2) is 5.35. The first-order chi connectivity index (χ1) is 9.28. The molecule has 0 saturated carbocycles. The van der Waals surface area contributed by atoms with Gasteiger partial charge in [0.2, 0.25) is 5.91 Å². The molecule has 114 valence electrons. The van der Waals surface area contributed by atoms with Gasteiger partial charge in [0.25, 0.3) is 0 Å². The first-order valence-electron chi connectivity index (χ1n) is 7.57. The van der Waals surface area contributed by atoms with Crippen LogP contribution in [0.4, 0.5) is 0 Å². The number of likely N-dealkylation sites (tertiary alicyclic amines) is 1. The minimum absolute atomic E-state index is 0.0441. The number of carbonyl (C=O) groups is 2. The van der Waals surface area contributed by atoms with Crippen LogP contribution >= 0.6 is 0 Å². The third-order valence-corrected chi connectivity index (χ3v) is 4.86. The van der Waals surface area contributed by atoms with Gasteiger partial charge in [-0.15, -0.1) is 0 Å². The smallest absolute Gasteiger partial charge is 0.326 e. The molecule has 2 heterocycles. The fourth-order valence-electron chi connectivity index (χ4n) is 3.63. The summed E-state index contributed by atoms with van der Waals surface area (Å²) >= 11 is 0. The van der Waals surface area contributed by atoms with E-state index in [9.17, 15) is 14.7 Å². The van der Waals surface area contributed by atoms with Crippen molar-refractivity contribution in [2.45, 2.75) is 64.5 Å². The first kappa shape index (κ1) is 15.3. The highest BCUT2D eigenvalue weighted by molar-refractivity contribution is 5.90. The van der Waals surface area contributed by atoms with E-state index in [0.29, 0.717) is 6.54 Å². The number of nitrogens with one attached hydrogen (secondary N) is 1. The monoisotopic (exact) mass is 282 g/mol. The van der Waals surface area contributed by atoms with Crippen LogP contribution in [0.25, 0.3) is 0 Å². The lowest BCUT2D eigenvalue weighted by Gasteiger charge is -2.47. The van der Waals surface area contributed by atoms with E-state index in [0.717, 1.165) is 38.6 Å². The number of aliphatic carboxylic acids is 1. The number of piperidine rings is 2. The van der Waals surface area contributed by atoms with Crippen molar-refractivity contribution in [3.63, 3.8) is 0 Å². The lowest BCUT2D eigenvalue weighted by Crippen LogP contribution is -2.64. The Hall–Kier alpha value is -1.10. The van der Waals surface area contributed by atoms with Gasteiger partial charge < -0.3 is 15.3 Å². The van der Waals surface area contributed by atoms with Gasteiger partial charge in [-0.1, -0.05) is 13.8 Å². The van der Waals surface area contributed by atoms with Crippen molar-refractivity contribution in [1.82, 2.24) is 10.2 Å². The summed E-state index contributed by atoms with van der Waals surface area (Å²) in [5.74, 6) is -0.931. The van der Waals surface area contributed by atoms with Crippen LogP contribution in [0.3, 0.4) is 0 Å². The SMILES string of the molecule is CC1(C(=O)N2CCCC(C)(C)C2C(=O)O)CCCCN1. The number of rotatable bonds is 2. The first-order valence-corrected chi connectivity index (χ1v) is 7.57. The third kappa shape index (κ3) is 2.68. The van der Waals surface area contributed by atoms with Crippen LogP contribution in [0.5, 0.6) is 0 Å². The molecule has 2 aliphatic rings. The van der Waals surface area contributed by atoms with Gasteiger partial charge in [-0.25, -0.2) is 4.79 Å². The van der Waals surface area contributed by atoms with E-state index >= 15 is 0 Å². The highest BCUT2D eigenvalue weighted by Gasteiger charge is 2.48. The standard InChI is InChI=1S/C15H26N2O3/c1-14(2)7-6-10-17(11(14)12(18)19)13(20)15(3)8-4-5-9-16-15/h11,16H,4-10H2,1-3H3,(H,18,19). The van der Waals surface area contributed by atoms with Crippen LogP contribution in [0.15, 0.2) is 0 Å². The normalized spacial score (nSPS) is 33.8. The van der Waals surface area contributed by atoms with E-state index in [1.165, 1.54) is 0 Å². The van der Waals surface area contributed by atoms with E-state index in [2.05, 4.69) is 5.32 Å². The van der Waals surface area contributed by atoms with Crippen molar-refractivity contribution in [2.24, 2.45) is 5.41 Å². The molecule has 0 aliphatic carbocycles. The summed E-state index contributed by atoms with van der Waals surface area (Å²) in [5.41, 5.74) is -0.968. The average Bonchev–Trinajstić information content (AvgIpc) is 2.36. The largest absolute Gasteiger partial charge is 0.480 e. The zero-order valence-corrected chi connectivity index (χ0v) is 12.7. The van der Waals surface area contributed by atoms with E-state index < -0.39 is 17.6 Å². The summed E-state index contributed by atoms with van der Waals surface area (Å²) in [6, 6.07) is -0.718. The van der Waals surface area contributed by atoms with Crippen LogP contribution in [-0.2, 0) is 9.59 Å². The number of carboxylic acids is 1. The van der Waals surface area contributed by atoms with Gasteiger partial charge in [-0.05, 0) is 51.0 Å². The van der Waals surface area contributed by atoms with E-state index in [-0.39, 0.29) is 11.3 Å². The van der Waals surface area contributed by atoms with Crippen LogP contribution in [-0.4, -0.2) is 46.6 Å². The second-order valence-electron chi connectivity index (χ2n) is 7.05. The van der Waals surface area contributed by atoms with Crippen molar-refractivity contribution in [3.05, 3.63) is 0 Å². The van der Waals surface area contributed by atoms with Crippen molar-refractivity contribution in [3.8, 4) is 0 Å². The summed E-state index contributed by atoms with van der Waals surface area (Å²) in [6.07, 6.45) is 4.60. The van der Waals surface area contributed by atoms with Gasteiger partial charge in [0, 0.05) is 6.54 Å². The Labute approximate surface area is 120 Å². The molecule has 0 aromatic carbocycles. The van der Waals surface area contributed by atoms with Gasteiger partial charge in [-0.2, -0.15) is 0 Å². The highest BCUT2D eigenvalue weighted by atomic mass is 16.4. The van der Waals surface area contributed by atoms with Gasteiger partial charge >= 0.3 is 5.97 Å². The highest BCUT2D eigenvalue weighted by Crippen LogP contribution is 2.37. The topological polar surface area (TPSA) is 69.6 Å². The number of hydrogen-bond acceptors (Lipinski definition) is 3. The molecule has 0 aromatic heterocycles. The summed E-state index contributed by atoms with van der Waals surface area (Å²) in [7, 11) is 0. The van der Waals surface area contributed by atoms with Crippen LogP contribution in [0.1, 0.15) is 52.9 Å². The number of nitrogens with zero attached hydrogens (tertiary/aromatic N) is 1. The molecule has 1 amide bonds. The maximum absolute atomic E-state index is 12.9. The van der Waals surface area contributed by atoms with Gasteiger partial charge in [0.15, 0.2) is 0 Å². The minimum atomic E-state index is -0.887. The van der Waals surface area contributed by atoms with Crippen LogP contribution < -0.4 is 5.32 Å².